The van der Waals surface area contributed by atoms with Gasteiger partial charge in [-0.05, 0) is 28.9 Å². The molecule has 0 radical (unpaired) electrons. The molecule has 2 atom stereocenters. The number of nitro benzene ring substituents is 1. The molecule has 6 nitrogen and oxygen atoms in total. The fourth-order valence-corrected chi connectivity index (χ4v) is 2.70. The van der Waals surface area contributed by atoms with E-state index in [0.29, 0.717) is 17.6 Å². The van der Waals surface area contributed by atoms with Crippen LogP contribution < -0.4 is 10.6 Å². The van der Waals surface area contributed by atoms with E-state index in [-0.39, 0.29) is 17.8 Å². The minimum Gasteiger partial charge on any atom is -0.373 e. The molecule has 0 saturated carbocycles. The van der Waals surface area contributed by atoms with Crippen LogP contribution in [0.15, 0.2) is 22.7 Å². The third-order valence-electron chi connectivity index (χ3n) is 3.16. The first kappa shape index (κ1) is 14.2. The monoisotopic (exact) mass is 329 g/mol. The molecule has 1 aliphatic rings. The first-order chi connectivity index (χ1) is 8.99. The van der Waals surface area contributed by atoms with Gasteiger partial charge in [0.05, 0.1) is 23.3 Å². The van der Waals surface area contributed by atoms with Crippen LogP contribution in [-0.4, -0.2) is 36.8 Å². The minimum atomic E-state index is -0.404. The lowest BCUT2D eigenvalue weighted by Crippen LogP contribution is -2.49. The van der Waals surface area contributed by atoms with E-state index in [1.54, 1.807) is 6.07 Å². The van der Waals surface area contributed by atoms with Gasteiger partial charge in [-0.1, -0.05) is 0 Å². The fourth-order valence-electron chi connectivity index (χ4n) is 2.08. The summed E-state index contributed by atoms with van der Waals surface area (Å²) in [6.45, 7) is 3.96. The van der Waals surface area contributed by atoms with Gasteiger partial charge in [-0.25, -0.2) is 0 Å². The molecular weight excluding hydrogens is 314 g/mol. The van der Waals surface area contributed by atoms with Gasteiger partial charge >= 0.3 is 0 Å². The molecule has 0 bridgehead atoms. The maximum Gasteiger partial charge on any atom is 0.270 e. The van der Waals surface area contributed by atoms with Crippen LogP contribution in [0.2, 0.25) is 0 Å². The van der Waals surface area contributed by atoms with E-state index in [0.717, 1.165) is 12.2 Å². The quantitative estimate of drug-likeness (QED) is 0.676. The van der Waals surface area contributed by atoms with Gasteiger partial charge in [-0.3, -0.25) is 10.1 Å². The van der Waals surface area contributed by atoms with E-state index in [2.05, 4.69) is 20.8 Å². The Bertz CT molecular complexity index is 481. The number of nitrogens with zero attached hydrogens (tertiary/aromatic N) is 2. The number of nitro groups is 1. The normalized spacial score (nSPS) is 21.2. The Morgan fingerprint density at radius 3 is 2.95 bits per heavy atom. The molecule has 1 aliphatic heterocycles. The van der Waals surface area contributed by atoms with Crippen molar-refractivity contribution < 1.29 is 9.66 Å². The second kappa shape index (κ2) is 5.85. The summed E-state index contributed by atoms with van der Waals surface area (Å²) in [4.78, 5) is 12.4. The summed E-state index contributed by atoms with van der Waals surface area (Å²) in [5.74, 6) is 0. The Morgan fingerprint density at radius 1 is 1.63 bits per heavy atom. The summed E-state index contributed by atoms with van der Waals surface area (Å²) >= 11 is 3.39. The molecule has 0 spiro atoms. The first-order valence-electron chi connectivity index (χ1n) is 6.05. The van der Waals surface area contributed by atoms with E-state index in [1.165, 1.54) is 12.1 Å². The van der Waals surface area contributed by atoms with Gasteiger partial charge in [0.15, 0.2) is 0 Å². The zero-order valence-corrected chi connectivity index (χ0v) is 12.2. The number of hydrogen-bond acceptors (Lipinski definition) is 5. The van der Waals surface area contributed by atoms with Crippen molar-refractivity contribution in [3.8, 4) is 0 Å². The van der Waals surface area contributed by atoms with Crippen molar-refractivity contribution in [2.24, 2.45) is 5.73 Å². The summed E-state index contributed by atoms with van der Waals surface area (Å²) < 4.78 is 6.32. The van der Waals surface area contributed by atoms with Gasteiger partial charge in [0.2, 0.25) is 0 Å². The highest BCUT2D eigenvalue weighted by molar-refractivity contribution is 9.10. The number of rotatable bonds is 3. The fraction of sp³-hybridized carbons (Fsp3) is 0.500. The molecule has 0 aromatic heterocycles. The van der Waals surface area contributed by atoms with Crippen molar-refractivity contribution in [1.29, 1.82) is 0 Å². The smallest absolute Gasteiger partial charge is 0.270 e. The number of morpholine rings is 1. The van der Waals surface area contributed by atoms with E-state index in [9.17, 15) is 10.1 Å². The van der Waals surface area contributed by atoms with Gasteiger partial charge in [-0.2, -0.15) is 0 Å². The Balaban J connectivity index is 2.19. The average Bonchev–Trinajstić information content (AvgIpc) is 2.38. The van der Waals surface area contributed by atoms with Crippen LogP contribution in [0.1, 0.15) is 6.92 Å². The number of benzene rings is 1. The van der Waals surface area contributed by atoms with Crippen molar-refractivity contribution in [3.63, 3.8) is 0 Å². The van der Waals surface area contributed by atoms with Gasteiger partial charge in [0.25, 0.3) is 5.69 Å². The molecule has 2 rings (SSSR count). The van der Waals surface area contributed by atoms with Crippen molar-refractivity contribution in [3.05, 3.63) is 32.8 Å². The molecule has 19 heavy (non-hydrogen) atoms. The van der Waals surface area contributed by atoms with Gasteiger partial charge in [0.1, 0.15) is 0 Å². The molecule has 7 heteroatoms. The second-order valence-corrected chi connectivity index (χ2v) is 5.46. The first-order valence-corrected chi connectivity index (χ1v) is 6.84. The summed E-state index contributed by atoms with van der Waals surface area (Å²) in [6, 6.07) is 4.74. The van der Waals surface area contributed by atoms with Crippen LogP contribution >= 0.6 is 15.9 Å². The van der Waals surface area contributed by atoms with E-state index >= 15 is 0 Å². The number of halogens is 1. The molecule has 1 aromatic rings. The zero-order valence-electron chi connectivity index (χ0n) is 10.6. The lowest BCUT2D eigenvalue weighted by Gasteiger charge is -2.36. The van der Waals surface area contributed by atoms with Crippen LogP contribution in [0.4, 0.5) is 11.4 Å². The van der Waals surface area contributed by atoms with Gasteiger partial charge in [0, 0.05) is 35.7 Å². The Labute approximate surface area is 119 Å². The standard InChI is InChI=1S/C12H16BrN3O3/c1-8(14)12-7-15(4-5-19-12)11-3-2-9(16(17)18)6-10(11)13/h2-3,6,8,12H,4-5,7,14H2,1H3. The molecule has 2 unspecified atom stereocenters. The maximum atomic E-state index is 10.7. The predicted molar refractivity (Wildman–Crippen MR) is 76.4 cm³/mol. The molecule has 1 heterocycles. The molecule has 104 valence electrons. The van der Waals surface area contributed by atoms with Gasteiger partial charge < -0.3 is 15.4 Å². The molecule has 0 amide bonds. The highest BCUT2D eigenvalue weighted by Crippen LogP contribution is 2.31. The maximum absolute atomic E-state index is 10.7. The lowest BCUT2D eigenvalue weighted by atomic mass is 10.1. The summed E-state index contributed by atoms with van der Waals surface area (Å²) in [6.07, 6.45) is -0.0177. The minimum absolute atomic E-state index is 0.0177. The average molecular weight is 330 g/mol. The second-order valence-electron chi connectivity index (χ2n) is 4.61. The third kappa shape index (κ3) is 3.23. The molecule has 1 saturated heterocycles. The van der Waals surface area contributed by atoms with Crippen molar-refractivity contribution in [2.45, 2.75) is 19.1 Å². The summed E-state index contributed by atoms with van der Waals surface area (Å²) in [5, 5.41) is 10.7. The zero-order chi connectivity index (χ0) is 14.0. The number of ether oxygens (including phenoxy) is 1. The number of non-ortho nitro benzene ring substituents is 1. The number of nitrogens with two attached hydrogens (primary N) is 1. The lowest BCUT2D eigenvalue weighted by molar-refractivity contribution is -0.384. The molecule has 0 aliphatic carbocycles. The molecule has 1 aromatic carbocycles. The van der Waals surface area contributed by atoms with Crippen LogP contribution in [0.25, 0.3) is 0 Å². The topological polar surface area (TPSA) is 81.6 Å². The largest absolute Gasteiger partial charge is 0.373 e. The van der Waals surface area contributed by atoms with Crippen molar-refractivity contribution in [1.82, 2.24) is 0 Å². The van der Waals surface area contributed by atoms with Crippen molar-refractivity contribution >= 4 is 27.3 Å². The SMILES string of the molecule is CC(N)C1CN(c2ccc([N+](=O)[O-])cc2Br)CCO1. The number of hydrogen-bond donors (Lipinski definition) is 1. The summed E-state index contributed by atoms with van der Waals surface area (Å²) in [7, 11) is 0. The number of anilines is 1. The van der Waals surface area contributed by atoms with Crippen LogP contribution in [0.5, 0.6) is 0 Å². The van der Waals surface area contributed by atoms with E-state index < -0.39 is 4.92 Å². The van der Waals surface area contributed by atoms with E-state index in [1.807, 2.05) is 6.92 Å². The molecule has 2 N–H and O–H groups in total. The van der Waals surface area contributed by atoms with Crippen molar-refractivity contribution in [2.75, 3.05) is 24.6 Å². The van der Waals surface area contributed by atoms with Crippen LogP contribution in [0, 0.1) is 10.1 Å². The Kier molecular flexibility index (Phi) is 4.38. The highest BCUT2D eigenvalue weighted by Gasteiger charge is 2.25. The third-order valence-corrected chi connectivity index (χ3v) is 3.80. The van der Waals surface area contributed by atoms with Crippen LogP contribution in [0.3, 0.4) is 0 Å². The van der Waals surface area contributed by atoms with Crippen LogP contribution in [-0.2, 0) is 4.74 Å². The Hall–Kier alpha value is -1.18. The van der Waals surface area contributed by atoms with E-state index in [4.69, 9.17) is 10.5 Å². The molecule has 1 fully saturated rings. The summed E-state index contributed by atoms with van der Waals surface area (Å²) in [5.41, 5.74) is 6.86. The molecular formula is C12H16BrN3O3. The predicted octanol–water partition coefficient (Wildman–Crippen LogP) is 1.91. The van der Waals surface area contributed by atoms with Gasteiger partial charge in [-0.15, -0.1) is 0 Å². The highest BCUT2D eigenvalue weighted by atomic mass is 79.9. The Morgan fingerprint density at radius 2 is 2.37 bits per heavy atom.